The largest absolute Gasteiger partial charge is 0.511 e. The molecule has 1 amide bonds. The minimum atomic E-state index is -0.971. The van der Waals surface area contributed by atoms with Crippen molar-refractivity contribution >= 4 is 11.7 Å². The number of fused-ring (bicyclic) bond motifs is 1. The fraction of sp³-hybridized carbons (Fsp3) is 0.714. The van der Waals surface area contributed by atoms with Gasteiger partial charge in [0, 0.05) is 12.5 Å². The van der Waals surface area contributed by atoms with E-state index in [1.165, 1.54) is 18.9 Å². The zero-order chi connectivity index (χ0) is 19.4. The van der Waals surface area contributed by atoms with Gasteiger partial charge in [-0.2, -0.15) is 0 Å². The molecule has 1 aliphatic heterocycles. The molecule has 1 saturated carbocycles. The molecule has 0 unspecified atom stereocenters. The van der Waals surface area contributed by atoms with Gasteiger partial charge in [0.25, 0.3) is 5.91 Å². The number of carbonyl (C=O) groups is 2. The molecule has 0 spiro atoms. The van der Waals surface area contributed by atoms with Crippen molar-refractivity contribution < 1.29 is 19.8 Å². The molecule has 0 aromatic heterocycles. The predicted octanol–water partition coefficient (Wildman–Crippen LogP) is 2.85. The SMILES string of the molecule is C[C@H]1CC[C@H]2[C@@H](C=C[C@H](C)[C@]2(C)/C(O)=C2/C(=O)[C@@H]([C@@H](C)O)N(C)C2=O)C1. The van der Waals surface area contributed by atoms with Gasteiger partial charge in [-0.3, -0.25) is 9.59 Å². The topological polar surface area (TPSA) is 77.8 Å². The molecule has 2 fully saturated rings. The third kappa shape index (κ3) is 2.63. The van der Waals surface area contributed by atoms with Gasteiger partial charge in [-0.25, -0.2) is 0 Å². The molecule has 0 radical (unpaired) electrons. The van der Waals surface area contributed by atoms with Crippen LogP contribution in [-0.4, -0.2) is 46.0 Å². The van der Waals surface area contributed by atoms with Crippen LogP contribution in [0.5, 0.6) is 0 Å². The molecule has 144 valence electrons. The summed E-state index contributed by atoms with van der Waals surface area (Å²) in [6, 6.07) is -0.917. The Hall–Kier alpha value is -1.62. The zero-order valence-electron chi connectivity index (χ0n) is 16.4. The summed E-state index contributed by atoms with van der Waals surface area (Å²) in [7, 11) is 1.51. The average Bonchev–Trinajstić information content (AvgIpc) is 2.79. The number of carbonyl (C=O) groups excluding carboxylic acids is 2. The Morgan fingerprint density at radius 1 is 1.27 bits per heavy atom. The lowest BCUT2D eigenvalue weighted by Crippen LogP contribution is -2.45. The normalized spacial score (nSPS) is 43.5. The Morgan fingerprint density at radius 2 is 1.92 bits per heavy atom. The second kappa shape index (κ2) is 6.52. The van der Waals surface area contributed by atoms with Gasteiger partial charge in [0.05, 0.1) is 6.10 Å². The molecule has 5 heteroatoms. The van der Waals surface area contributed by atoms with Crippen molar-refractivity contribution in [3.05, 3.63) is 23.5 Å². The maximum Gasteiger partial charge on any atom is 0.261 e. The highest BCUT2D eigenvalue weighted by molar-refractivity contribution is 6.27. The first-order valence-electron chi connectivity index (χ1n) is 9.72. The van der Waals surface area contributed by atoms with Crippen molar-refractivity contribution in [2.45, 2.75) is 59.1 Å². The number of nitrogens with zero attached hydrogens (tertiary/aromatic N) is 1. The van der Waals surface area contributed by atoms with Gasteiger partial charge in [0.2, 0.25) is 0 Å². The number of likely N-dealkylation sites (N-methyl/N-ethyl adjacent to an activating group) is 1. The molecule has 1 heterocycles. The van der Waals surface area contributed by atoms with Crippen LogP contribution in [0.15, 0.2) is 23.5 Å². The molecule has 2 N–H and O–H groups in total. The van der Waals surface area contributed by atoms with Crippen LogP contribution in [0.25, 0.3) is 0 Å². The number of ketones is 1. The number of hydrogen-bond donors (Lipinski definition) is 2. The Bertz CT molecular complexity index is 679. The van der Waals surface area contributed by atoms with E-state index in [1.54, 1.807) is 0 Å². The van der Waals surface area contributed by atoms with E-state index in [2.05, 4.69) is 19.1 Å². The summed E-state index contributed by atoms with van der Waals surface area (Å²) in [5, 5.41) is 21.2. The van der Waals surface area contributed by atoms with Crippen molar-refractivity contribution in [1.82, 2.24) is 4.90 Å². The average molecular weight is 361 g/mol. The zero-order valence-corrected chi connectivity index (χ0v) is 16.4. The lowest BCUT2D eigenvalue weighted by molar-refractivity contribution is -0.128. The summed E-state index contributed by atoms with van der Waals surface area (Å²) >= 11 is 0. The van der Waals surface area contributed by atoms with Crippen LogP contribution in [0, 0.1) is 29.1 Å². The number of Topliss-reactive ketones (excluding diaryl/α,β-unsaturated/α-hetero) is 1. The number of aliphatic hydroxyl groups is 2. The number of rotatable bonds is 2. The number of amides is 1. The van der Waals surface area contributed by atoms with E-state index >= 15 is 0 Å². The van der Waals surface area contributed by atoms with Gasteiger partial charge in [-0.05, 0) is 43.4 Å². The lowest BCUT2D eigenvalue weighted by Gasteiger charge is -2.50. The number of aliphatic hydroxyl groups excluding tert-OH is 2. The number of hydrogen-bond acceptors (Lipinski definition) is 4. The van der Waals surface area contributed by atoms with Crippen molar-refractivity contribution in [1.29, 1.82) is 0 Å². The van der Waals surface area contributed by atoms with Crippen LogP contribution in [0.1, 0.15) is 47.0 Å². The van der Waals surface area contributed by atoms with Crippen LogP contribution in [-0.2, 0) is 9.59 Å². The molecule has 0 aromatic carbocycles. The van der Waals surface area contributed by atoms with Gasteiger partial charge in [0.1, 0.15) is 17.4 Å². The van der Waals surface area contributed by atoms with E-state index < -0.39 is 29.3 Å². The third-order valence-electron chi connectivity index (χ3n) is 7.20. The predicted molar refractivity (Wildman–Crippen MR) is 99.3 cm³/mol. The van der Waals surface area contributed by atoms with Crippen LogP contribution in [0.3, 0.4) is 0 Å². The van der Waals surface area contributed by atoms with Crippen LogP contribution in [0.2, 0.25) is 0 Å². The molecule has 1 saturated heterocycles. The second-order valence-corrected chi connectivity index (χ2v) is 8.83. The van der Waals surface area contributed by atoms with Crippen LogP contribution < -0.4 is 0 Å². The van der Waals surface area contributed by atoms with E-state index in [4.69, 9.17) is 0 Å². The number of likely N-dealkylation sites (tertiary alicyclic amines) is 1. The molecular weight excluding hydrogens is 330 g/mol. The molecule has 26 heavy (non-hydrogen) atoms. The molecule has 0 aromatic rings. The maximum atomic E-state index is 12.9. The van der Waals surface area contributed by atoms with Gasteiger partial charge in [0.15, 0.2) is 5.78 Å². The number of allylic oxidation sites excluding steroid dienone is 3. The summed E-state index contributed by atoms with van der Waals surface area (Å²) in [4.78, 5) is 26.8. The summed E-state index contributed by atoms with van der Waals surface area (Å²) in [5.41, 5.74) is -0.769. The minimum Gasteiger partial charge on any atom is -0.511 e. The van der Waals surface area contributed by atoms with E-state index in [1.807, 2.05) is 13.8 Å². The van der Waals surface area contributed by atoms with Gasteiger partial charge < -0.3 is 15.1 Å². The fourth-order valence-electron chi connectivity index (χ4n) is 5.38. The Balaban J connectivity index is 2.08. The lowest BCUT2D eigenvalue weighted by atomic mass is 9.54. The van der Waals surface area contributed by atoms with E-state index in [0.717, 1.165) is 19.3 Å². The van der Waals surface area contributed by atoms with E-state index in [9.17, 15) is 19.8 Å². The summed E-state index contributed by atoms with van der Waals surface area (Å²) in [5.74, 6) is 0.219. The Labute approximate surface area is 155 Å². The van der Waals surface area contributed by atoms with Crippen molar-refractivity contribution in [2.24, 2.45) is 29.1 Å². The van der Waals surface area contributed by atoms with E-state index in [-0.39, 0.29) is 23.2 Å². The van der Waals surface area contributed by atoms with E-state index in [0.29, 0.717) is 11.8 Å². The molecule has 3 aliphatic rings. The highest BCUT2D eigenvalue weighted by atomic mass is 16.3. The monoisotopic (exact) mass is 361 g/mol. The molecule has 5 nitrogen and oxygen atoms in total. The van der Waals surface area contributed by atoms with Gasteiger partial charge in [-0.15, -0.1) is 0 Å². The quantitative estimate of drug-likeness (QED) is 0.343. The van der Waals surface area contributed by atoms with Gasteiger partial charge in [-0.1, -0.05) is 39.3 Å². The molecule has 0 bridgehead atoms. The molecular formula is C21H31NO4. The van der Waals surface area contributed by atoms with Gasteiger partial charge >= 0.3 is 0 Å². The second-order valence-electron chi connectivity index (χ2n) is 8.83. The Kier molecular flexibility index (Phi) is 4.80. The van der Waals surface area contributed by atoms with Crippen LogP contribution in [0.4, 0.5) is 0 Å². The highest BCUT2D eigenvalue weighted by Crippen LogP contribution is 2.55. The minimum absolute atomic E-state index is 0.0289. The summed E-state index contributed by atoms with van der Waals surface area (Å²) in [6.45, 7) is 7.79. The van der Waals surface area contributed by atoms with Crippen molar-refractivity contribution in [3.8, 4) is 0 Å². The Morgan fingerprint density at radius 3 is 2.50 bits per heavy atom. The summed E-state index contributed by atoms with van der Waals surface area (Å²) < 4.78 is 0. The third-order valence-corrected chi connectivity index (χ3v) is 7.20. The standard InChI is InChI=1S/C21H31NO4/c1-11-6-9-15-14(10-11)8-7-12(2)21(15,4)19(25)16-18(24)17(13(3)23)22(5)20(16)26/h7-8,11-15,17,23,25H,6,9-10H2,1-5H3/b19-16+/t11-,12-,13+,14-,15-,17+,21-/m0/s1. The maximum absolute atomic E-state index is 12.9. The van der Waals surface area contributed by atoms with Crippen molar-refractivity contribution in [3.63, 3.8) is 0 Å². The first kappa shape index (κ1) is 19.2. The fourth-order valence-corrected chi connectivity index (χ4v) is 5.38. The first-order valence-corrected chi connectivity index (χ1v) is 9.72. The highest BCUT2D eigenvalue weighted by Gasteiger charge is 2.54. The smallest absolute Gasteiger partial charge is 0.261 e. The summed E-state index contributed by atoms with van der Waals surface area (Å²) in [6.07, 6.45) is 6.56. The van der Waals surface area contributed by atoms with Crippen molar-refractivity contribution in [2.75, 3.05) is 7.05 Å². The van der Waals surface area contributed by atoms with Crippen LogP contribution >= 0.6 is 0 Å². The molecule has 7 atom stereocenters. The molecule has 3 rings (SSSR count). The first-order chi connectivity index (χ1) is 12.1. The molecule has 2 aliphatic carbocycles.